The van der Waals surface area contributed by atoms with Gasteiger partial charge in [-0.1, -0.05) is 29.2 Å². The molecule has 1 aromatic heterocycles. The Morgan fingerprint density at radius 3 is 2.79 bits per heavy atom. The van der Waals surface area contributed by atoms with E-state index in [0.717, 1.165) is 15.6 Å². The number of anilines is 2. The van der Waals surface area contributed by atoms with Gasteiger partial charge in [-0.2, -0.15) is 0 Å². The van der Waals surface area contributed by atoms with Crippen LogP contribution in [0.4, 0.5) is 10.8 Å². The number of hydrogen-bond donors (Lipinski definition) is 1. The van der Waals surface area contributed by atoms with Crippen LogP contribution in [-0.2, 0) is 9.59 Å². The molecule has 1 aromatic carbocycles. The first-order chi connectivity index (χ1) is 11.5. The van der Waals surface area contributed by atoms with Gasteiger partial charge in [-0.3, -0.25) is 9.59 Å². The van der Waals surface area contributed by atoms with E-state index in [4.69, 9.17) is 0 Å². The van der Waals surface area contributed by atoms with Gasteiger partial charge >= 0.3 is 0 Å². The summed E-state index contributed by atoms with van der Waals surface area (Å²) in [5.74, 6) is -0.584. The lowest BCUT2D eigenvalue weighted by Crippen LogP contribution is -2.28. The fraction of sp³-hybridized carbons (Fsp3) is 0.375. The third-order valence-corrected chi connectivity index (χ3v) is 5.92. The lowest BCUT2D eigenvalue weighted by atomic mass is 10.1. The Labute approximate surface area is 148 Å². The summed E-state index contributed by atoms with van der Waals surface area (Å²) in [5.41, 5.74) is 3.16. The van der Waals surface area contributed by atoms with Crippen molar-refractivity contribution in [2.24, 2.45) is 5.92 Å². The van der Waals surface area contributed by atoms with Crippen LogP contribution in [0.2, 0.25) is 0 Å². The molecule has 3 rings (SSSR count). The molecule has 0 spiro atoms. The maximum atomic E-state index is 12.4. The lowest BCUT2D eigenvalue weighted by molar-refractivity contribution is -0.122. The molecule has 1 saturated heterocycles. The zero-order chi connectivity index (χ0) is 17.3. The second kappa shape index (κ2) is 6.90. The molecule has 2 aromatic rings. The number of amides is 2. The molecule has 1 N–H and O–H groups in total. The molecular formula is C16H18N4O2S2. The molecule has 1 aliphatic rings. The number of thioether (sulfide) groups is 1. The number of nitrogens with one attached hydrogen (secondary N) is 1. The van der Waals surface area contributed by atoms with Crippen molar-refractivity contribution < 1.29 is 9.59 Å². The van der Waals surface area contributed by atoms with Crippen molar-refractivity contribution in [1.29, 1.82) is 0 Å². The van der Waals surface area contributed by atoms with Crippen LogP contribution in [0.1, 0.15) is 17.5 Å². The second-order valence-corrected chi connectivity index (χ2v) is 7.77. The normalized spacial score (nSPS) is 17.4. The Morgan fingerprint density at radius 2 is 2.12 bits per heavy atom. The molecule has 2 amide bonds. The number of rotatable bonds is 4. The van der Waals surface area contributed by atoms with Crippen LogP contribution in [-0.4, -0.2) is 34.8 Å². The summed E-state index contributed by atoms with van der Waals surface area (Å²) in [4.78, 5) is 26.4. The van der Waals surface area contributed by atoms with Gasteiger partial charge in [0, 0.05) is 18.7 Å². The molecule has 1 fully saturated rings. The minimum Gasteiger partial charge on any atom is -0.312 e. The Morgan fingerprint density at radius 1 is 1.33 bits per heavy atom. The largest absolute Gasteiger partial charge is 0.312 e. The van der Waals surface area contributed by atoms with E-state index in [1.165, 1.54) is 28.7 Å². The highest BCUT2D eigenvalue weighted by Crippen LogP contribution is 2.28. The van der Waals surface area contributed by atoms with E-state index in [-0.39, 0.29) is 24.2 Å². The van der Waals surface area contributed by atoms with Crippen LogP contribution in [0.5, 0.6) is 0 Å². The Balaban J connectivity index is 1.69. The fourth-order valence-corrected chi connectivity index (χ4v) is 3.75. The summed E-state index contributed by atoms with van der Waals surface area (Å²) in [5, 5.41) is 11.1. The van der Waals surface area contributed by atoms with E-state index in [1.807, 2.05) is 38.3 Å². The van der Waals surface area contributed by atoms with Crippen molar-refractivity contribution in [2.45, 2.75) is 24.6 Å². The Bertz CT molecular complexity index is 790. The molecule has 0 saturated carbocycles. The average molecular weight is 362 g/mol. The molecular weight excluding hydrogens is 344 g/mol. The van der Waals surface area contributed by atoms with E-state index in [2.05, 4.69) is 15.5 Å². The number of aryl methyl sites for hydroxylation is 2. The summed E-state index contributed by atoms with van der Waals surface area (Å²) in [6, 6.07) is 5.91. The SMILES string of the molecule is CSc1nnc(NC(=O)[C@H]2CC(=O)N(c3ccc(C)c(C)c3)C2)s1. The van der Waals surface area contributed by atoms with Gasteiger partial charge in [0.15, 0.2) is 4.34 Å². The first-order valence-electron chi connectivity index (χ1n) is 7.54. The molecule has 6 nitrogen and oxygen atoms in total. The van der Waals surface area contributed by atoms with Crippen molar-refractivity contribution in [3.05, 3.63) is 29.3 Å². The number of carbonyl (C=O) groups excluding carboxylic acids is 2. The molecule has 24 heavy (non-hydrogen) atoms. The van der Waals surface area contributed by atoms with Crippen molar-refractivity contribution in [3.63, 3.8) is 0 Å². The topological polar surface area (TPSA) is 75.2 Å². The van der Waals surface area contributed by atoms with Crippen LogP contribution in [0.3, 0.4) is 0 Å². The quantitative estimate of drug-likeness (QED) is 0.669. The van der Waals surface area contributed by atoms with Crippen molar-refractivity contribution in [1.82, 2.24) is 10.2 Å². The number of aromatic nitrogens is 2. The lowest BCUT2D eigenvalue weighted by Gasteiger charge is -2.17. The molecule has 126 valence electrons. The molecule has 0 bridgehead atoms. The number of hydrogen-bond acceptors (Lipinski definition) is 6. The highest BCUT2D eigenvalue weighted by molar-refractivity contribution is 8.00. The van der Waals surface area contributed by atoms with Crippen molar-refractivity contribution >= 4 is 45.7 Å². The summed E-state index contributed by atoms with van der Waals surface area (Å²) in [7, 11) is 0. The minimum absolute atomic E-state index is 0.0273. The third kappa shape index (κ3) is 3.44. The Hall–Kier alpha value is -1.93. The van der Waals surface area contributed by atoms with E-state index in [0.29, 0.717) is 11.7 Å². The number of carbonyl (C=O) groups is 2. The van der Waals surface area contributed by atoms with Crippen LogP contribution in [0.15, 0.2) is 22.5 Å². The van der Waals surface area contributed by atoms with Crippen LogP contribution in [0.25, 0.3) is 0 Å². The maximum absolute atomic E-state index is 12.4. The number of benzene rings is 1. The Kier molecular flexibility index (Phi) is 4.86. The standard InChI is InChI=1S/C16H18N4O2S2/c1-9-4-5-12(6-10(9)2)20-8-11(7-13(20)21)14(22)17-15-18-19-16(23-3)24-15/h4-6,11H,7-8H2,1-3H3,(H,17,18,22)/t11-/m0/s1. The van der Waals surface area contributed by atoms with E-state index >= 15 is 0 Å². The number of nitrogens with zero attached hydrogens (tertiary/aromatic N) is 3. The minimum atomic E-state index is -0.374. The van der Waals surface area contributed by atoms with E-state index < -0.39 is 0 Å². The maximum Gasteiger partial charge on any atom is 0.231 e. The molecule has 1 aliphatic heterocycles. The highest BCUT2D eigenvalue weighted by Gasteiger charge is 2.35. The van der Waals surface area contributed by atoms with Gasteiger partial charge in [-0.05, 0) is 43.4 Å². The van der Waals surface area contributed by atoms with Gasteiger partial charge in [0.2, 0.25) is 16.9 Å². The fourth-order valence-electron chi connectivity index (χ4n) is 2.58. The highest BCUT2D eigenvalue weighted by atomic mass is 32.2. The zero-order valence-corrected chi connectivity index (χ0v) is 15.3. The molecule has 0 radical (unpaired) electrons. The van der Waals surface area contributed by atoms with Gasteiger partial charge in [0.25, 0.3) is 0 Å². The van der Waals surface area contributed by atoms with Crippen LogP contribution in [0, 0.1) is 19.8 Å². The summed E-state index contributed by atoms with van der Waals surface area (Å²) < 4.78 is 0.796. The summed E-state index contributed by atoms with van der Waals surface area (Å²) >= 11 is 2.81. The van der Waals surface area contributed by atoms with E-state index in [9.17, 15) is 9.59 Å². The molecule has 2 heterocycles. The molecule has 8 heteroatoms. The van der Waals surface area contributed by atoms with Crippen molar-refractivity contribution in [2.75, 3.05) is 23.0 Å². The van der Waals surface area contributed by atoms with Gasteiger partial charge in [0.05, 0.1) is 5.92 Å². The van der Waals surface area contributed by atoms with Crippen LogP contribution >= 0.6 is 23.1 Å². The van der Waals surface area contributed by atoms with Gasteiger partial charge in [0.1, 0.15) is 0 Å². The summed E-state index contributed by atoms with van der Waals surface area (Å²) in [6.45, 7) is 4.44. The third-order valence-electron chi connectivity index (χ3n) is 4.11. The van der Waals surface area contributed by atoms with Gasteiger partial charge < -0.3 is 10.2 Å². The molecule has 1 atom stereocenters. The van der Waals surface area contributed by atoms with Crippen LogP contribution < -0.4 is 10.2 Å². The van der Waals surface area contributed by atoms with Crippen molar-refractivity contribution in [3.8, 4) is 0 Å². The predicted octanol–water partition coefficient (Wildman–Crippen LogP) is 2.87. The zero-order valence-electron chi connectivity index (χ0n) is 13.7. The molecule has 0 unspecified atom stereocenters. The van der Waals surface area contributed by atoms with E-state index in [1.54, 1.807) is 4.90 Å². The predicted molar refractivity (Wildman–Crippen MR) is 96.7 cm³/mol. The smallest absolute Gasteiger partial charge is 0.231 e. The first kappa shape index (κ1) is 16.9. The van der Waals surface area contributed by atoms with Gasteiger partial charge in [-0.15, -0.1) is 10.2 Å². The first-order valence-corrected chi connectivity index (χ1v) is 9.58. The summed E-state index contributed by atoms with van der Waals surface area (Å²) in [6.07, 6.45) is 2.12. The molecule has 0 aliphatic carbocycles. The monoisotopic (exact) mass is 362 g/mol. The second-order valence-electron chi connectivity index (χ2n) is 5.74. The van der Waals surface area contributed by atoms with Gasteiger partial charge in [-0.25, -0.2) is 0 Å². The average Bonchev–Trinajstić information content (AvgIpc) is 3.16.